The molecule has 0 aliphatic carbocycles. The van der Waals surface area contributed by atoms with Gasteiger partial charge in [-0.2, -0.15) is 0 Å². The summed E-state index contributed by atoms with van der Waals surface area (Å²) >= 11 is 0. The molecule has 0 fully saturated rings. The molecule has 0 radical (unpaired) electrons. The van der Waals surface area contributed by atoms with Gasteiger partial charge in [0, 0.05) is 32.1 Å². The number of ether oxygens (including phenoxy) is 1. The fourth-order valence-corrected chi connectivity index (χ4v) is 1.59. The first-order valence-electron chi connectivity index (χ1n) is 5.70. The van der Waals surface area contributed by atoms with E-state index in [1.165, 1.54) is 6.20 Å². The van der Waals surface area contributed by atoms with Crippen LogP contribution in [0.2, 0.25) is 0 Å². The predicted octanol–water partition coefficient (Wildman–Crippen LogP) is 1.49. The van der Waals surface area contributed by atoms with Crippen LogP contribution in [0.3, 0.4) is 0 Å². The largest absolute Gasteiger partial charge is 0.511 e. The van der Waals surface area contributed by atoms with Crippen molar-refractivity contribution in [1.82, 2.24) is 14.5 Å². The zero-order valence-corrected chi connectivity index (χ0v) is 10.3. The number of nitrogens with zero attached hydrogens (tertiary/aromatic N) is 3. The third-order valence-corrected chi connectivity index (χ3v) is 2.63. The first-order chi connectivity index (χ1) is 8.97. The summed E-state index contributed by atoms with van der Waals surface area (Å²) in [5.41, 5.74) is -0.755. The van der Waals surface area contributed by atoms with Crippen LogP contribution in [0.25, 0.3) is 0 Å². The van der Waals surface area contributed by atoms with Gasteiger partial charge in [0.05, 0.1) is 12.8 Å². The Morgan fingerprint density at radius 2 is 2.11 bits per heavy atom. The van der Waals surface area contributed by atoms with E-state index < -0.39 is 12.4 Å². The molecular formula is C11H12BF3N3O-. The molecule has 0 saturated heterocycles. The van der Waals surface area contributed by atoms with Gasteiger partial charge in [-0.25, -0.2) is 4.98 Å². The zero-order valence-electron chi connectivity index (χ0n) is 10.3. The molecule has 8 heteroatoms. The van der Waals surface area contributed by atoms with E-state index in [1.807, 2.05) is 11.6 Å². The standard InChI is InChI=1S/C11H12BF3N3O/c1-18-4-3-17-11(18)2-5-19-10-6-9(7-16-8-10)12(13,14)15/h3-4,6-8H,2,5H2,1H3/q-1. The van der Waals surface area contributed by atoms with Gasteiger partial charge in [-0.3, -0.25) is 4.98 Å². The first-order valence-corrected chi connectivity index (χ1v) is 5.70. The van der Waals surface area contributed by atoms with Crippen LogP contribution in [0.1, 0.15) is 5.82 Å². The van der Waals surface area contributed by atoms with Gasteiger partial charge in [-0.1, -0.05) is 5.46 Å². The van der Waals surface area contributed by atoms with E-state index in [0.29, 0.717) is 6.42 Å². The fraction of sp³-hybridized carbons (Fsp3) is 0.273. The normalized spacial score (nSPS) is 11.6. The molecule has 0 saturated carbocycles. The number of pyridine rings is 1. The summed E-state index contributed by atoms with van der Waals surface area (Å²) in [4.78, 5) is 7.63. The fourth-order valence-electron chi connectivity index (χ4n) is 1.59. The SMILES string of the molecule is Cn1ccnc1CCOc1cncc([B-](F)(F)F)c1. The average Bonchev–Trinajstić information content (AvgIpc) is 2.75. The number of hydrogen-bond donors (Lipinski definition) is 0. The van der Waals surface area contributed by atoms with Gasteiger partial charge < -0.3 is 22.3 Å². The smallest absolute Gasteiger partial charge is 0.492 e. The molecule has 102 valence electrons. The van der Waals surface area contributed by atoms with E-state index in [2.05, 4.69) is 9.97 Å². The number of imidazole rings is 1. The van der Waals surface area contributed by atoms with Crippen molar-refractivity contribution < 1.29 is 17.7 Å². The number of halogens is 3. The minimum Gasteiger partial charge on any atom is -0.492 e. The molecule has 0 spiro atoms. The minimum absolute atomic E-state index is 0.117. The molecule has 0 atom stereocenters. The summed E-state index contributed by atoms with van der Waals surface area (Å²) in [5, 5.41) is 0. The lowest BCUT2D eigenvalue weighted by molar-refractivity contribution is 0.316. The van der Waals surface area contributed by atoms with Gasteiger partial charge in [0.2, 0.25) is 0 Å². The Morgan fingerprint density at radius 3 is 2.74 bits per heavy atom. The summed E-state index contributed by atoms with van der Waals surface area (Å²) in [6, 6.07) is 0.964. The van der Waals surface area contributed by atoms with Crippen LogP contribution >= 0.6 is 0 Å². The van der Waals surface area contributed by atoms with Crippen LogP contribution in [0, 0.1) is 0 Å². The minimum atomic E-state index is -5.05. The molecule has 2 aromatic heterocycles. The highest BCUT2D eigenvalue weighted by Crippen LogP contribution is 2.13. The van der Waals surface area contributed by atoms with Crippen molar-refractivity contribution in [3.63, 3.8) is 0 Å². The second-order valence-corrected chi connectivity index (χ2v) is 4.08. The molecule has 0 unspecified atom stereocenters. The topological polar surface area (TPSA) is 39.9 Å². The number of aromatic nitrogens is 3. The maximum Gasteiger partial charge on any atom is 0.511 e. The number of hydrogen-bond acceptors (Lipinski definition) is 3. The second-order valence-electron chi connectivity index (χ2n) is 4.08. The molecule has 0 aliphatic rings. The van der Waals surface area contributed by atoms with Crippen LogP contribution in [0.15, 0.2) is 30.9 Å². The Hall–Kier alpha value is -1.99. The van der Waals surface area contributed by atoms with Crippen molar-refractivity contribution in [1.29, 1.82) is 0 Å². The molecule has 0 aromatic carbocycles. The Bertz CT molecular complexity index is 556. The quantitative estimate of drug-likeness (QED) is 0.773. The van der Waals surface area contributed by atoms with E-state index in [1.54, 1.807) is 12.4 Å². The Labute approximate surface area is 108 Å². The molecule has 0 amide bonds. The van der Waals surface area contributed by atoms with E-state index in [0.717, 1.165) is 18.1 Å². The first kappa shape index (κ1) is 13.4. The van der Waals surface area contributed by atoms with E-state index in [9.17, 15) is 12.9 Å². The van der Waals surface area contributed by atoms with Gasteiger partial charge in [0.25, 0.3) is 0 Å². The Kier molecular flexibility index (Phi) is 3.78. The van der Waals surface area contributed by atoms with Crippen molar-refractivity contribution in [3.05, 3.63) is 36.7 Å². The van der Waals surface area contributed by atoms with Crippen LogP contribution < -0.4 is 10.2 Å². The summed E-state index contributed by atoms with van der Waals surface area (Å²) in [6.07, 6.45) is 6.04. The monoisotopic (exact) mass is 270 g/mol. The summed E-state index contributed by atoms with van der Waals surface area (Å²) in [7, 11) is 1.84. The van der Waals surface area contributed by atoms with Gasteiger partial charge >= 0.3 is 6.98 Å². The second kappa shape index (κ2) is 5.33. The van der Waals surface area contributed by atoms with Crippen molar-refractivity contribution in [3.8, 4) is 5.75 Å². The summed E-state index contributed by atoms with van der Waals surface area (Å²) in [6.45, 7) is -4.80. The molecule has 0 aliphatic heterocycles. The highest BCUT2D eigenvalue weighted by atomic mass is 19.4. The molecule has 0 N–H and O–H groups in total. The zero-order chi connectivity index (χ0) is 13.9. The molecule has 0 bridgehead atoms. The average molecular weight is 270 g/mol. The van der Waals surface area contributed by atoms with Gasteiger partial charge in [-0.15, -0.1) is 0 Å². The van der Waals surface area contributed by atoms with Crippen LogP contribution in [0.5, 0.6) is 5.75 Å². The van der Waals surface area contributed by atoms with Crippen molar-refractivity contribution in [2.24, 2.45) is 7.05 Å². The Balaban J connectivity index is 1.95. The lowest BCUT2D eigenvalue weighted by Crippen LogP contribution is -2.34. The van der Waals surface area contributed by atoms with E-state index in [-0.39, 0.29) is 12.4 Å². The number of aryl methyl sites for hydroxylation is 1. The molecule has 19 heavy (non-hydrogen) atoms. The third kappa shape index (κ3) is 3.49. The third-order valence-electron chi connectivity index (χ3n) is 2.63. The van der Waals surface area contributed by atoms with Crippen molar-refractivity contribution >= 4 is 12.4 Å². The molecular weight excluding hydrogens is 258 g/mol. The van der Waals surface area contributed by atoms with Gasteiger partial charge in [-0.05, 0) is 6.07 Å². The highest BCUT2D eigenvalue weighted by molar-refractivity contribution is 6.73. The van der Waals surface area contributed by atoms with E-state index in [4.69, 9.17) is 4.74 Å². The predicted molar refractivity (Wildman–Crippen MR) is 65.4 cm³/mol. The lowest BCUT2D eigenvalue weighted by Gasteiger charge is -2.15. The molecule has 4 nitrogen and oxygen atoms in total. The van der Waals surface area contributed by atoms with Crippen LogP contribution in [-0.4, -0.2) is 28.1 Å². The molecule has 2 aromatic rings. The molecule has 2 heterocycles. The van der Waals surface area contributed by atoms with E-state index >= 15 is 0 Å². The van der Waals surface area contributed by atoms with Gasteiger partial charge in [0.1, 0.15) is 11.6 Å². The lowest BCUT2D eigenvalue weighted by atomic mass is 9.81. The van der Waals surface area contributed by atoms with Crippen LogP contribution in [-0.2, 0) is 13.5 Å². The summed E-state index contributed by atoms with van der Waals surface area (Å²) in [5.74, 6) is 0.926. The van der Waals surface area contributed by atoms with Crippen molar-refractivity contribution in [2.45, 2.75) is 6.42 Å². The highest BCUT2D eigenvalue weighted by Gasteiger charge is 2.26. The summed E-state index contributed by atoms with van der Waals surface area (Å²) < 4.78 is 44.7. The maximum atomic E-state index is 12.5. The van der Waals surface area contributed by atoms with Crippen LogP contribution in [0.4, 0.5) is 12.9 Å². The maximum absolute atomic E-state index is 12.5. The van der Waals surface area contributed by atoms with Crippen molar-refractivity contribution in [2.75, 3.05) is 6.61 Å². The Morgan fingerprint density at radius 1 is 1.32 bits per heavy atom. The number of rotatable bonds is 5. The van der Waals surface area contributed by atoms with Gasteiger partial charge in [0.15, 0.2) is 0 Å². The molecule has 2 rings (SSSR count).